The van der Waals surface area contributed by atoms with Gasteiger partial charge in [-0.2, -0.15) is 0 Å². The van der Waals surface area contributed by atoms with Gasteiger partial charge in [0.15, 0.2) is 0 Å². The van der Waals surface area contributed by atoms with Crippen LogP contribution in [0.2, 0.25) is 0 Å². The average molecular weight is 584 g/mol. The summed E-state index contributed by atoms with van der Waals surface area (Å²) < 4.78 is 16.1. The summed E-state index contributed by atoms with van der Waals surface area (Å²) in [5.41, 5.74) is 4.91. The first kappa shape index (κ1) is 30.9. The summed E-state index contributed by atoms with van der Waals surface area (Å²) in [5, 5.41) is 14.5. The van der Waals surface area contributed by atoms with Gasteiger partial charge >= 0.3 is 11.9 Å². The van der Waals surface area contributed by atoms with Crippen molar-refractivity contribution in [3.8, 4) is 0 Å². The number of benzene rings is 2. The number of nitro groups is 1. The standard InChI is InChI=1S/C33H33N3O7/c1-22-29(32(37)41-3)31(27-9-4-10-28(20-27)36(39)40)30(23(2)35-22)33(38)43-18-17-42-16-6-8-24-11-13-25(14-12-24)19-26-7-5-15-34-21-26/h4-15,20-21,31,35H,16-19H2,1-3H3. The Morgan fingerprint density at radius 3 is 2.40 bits per heavy atom. The molecule has 0 fully saturated rings. The van der Waals surface area contributed by atoms with E-state index in [0.29, 0.717) is 23.6 Å². The lowest BCUT2D eigenvalue weighted by atomic mass is 9.80. The Labute approximate surface area is 249 Å². The van der Waals surface area contributed by atoms with Gasteiger partial charge in [-0.15, -0.1) is 0 Å². The second kappa shape index (κ2) is 14.7. The second-order valence-corrected chi connectivity index (χ2v) is 9.87. The molecule has 0 amide bonds. The fraction of sp³-hybridized carbons (Fsp3) is 0.242. The Balaban J connectivity index is 1.33. The van der Waals surface area contributed by atoms with Gasteiger partial charge in [0.25, 0.3) is 5.69 Å². The predicted octanol–water partition coefficient (Wildman–Crippen LogP) is 5.26. The number of nitrogens with one attached hydrogen (secondary N) is 1. The highest BCUT2D eigenvalue weighted by atomic mass is 16.6. The lowest BCUT2D eigenvalue weighted by molar-refractivity contribution is -0.384. The Bertz CT molecular complexity index is 1560. The van der Waals surface area contributed by atoms with Crippen LogP contribution in [0.1, 0.15) is 42.0 Å². The van der Waals surface area contributed by atoms with Crippen molar-refractivity contribution in [3.63, 3.8) is 0 Å². The fourth-order valence-electron chi connectivity index (χ4n) is 4.89. The van der Waals surface area contributed by atoms with Crippen LogP contribution in [0.15, 0.2) is 102 Å². The maximum absolute atomic E-state index is 13.3. The molecule has 2 aromatic carbocycles. The number of rotatable bonds is 12. The summed E-state index contributed by atoms with van der Waals surface area (Å²) in [4.78, 5) is 41.1. The van der Waals surface area contributed by atoms with E-state index in [2.05, 4.69) is 22.4 Å². The van der Waals surface area contributed by atoms with Crippen LogP contribution < -0.4 is 5.32 Å². The number of methoxy groups -OCH3 is 1. The fourth-order valence-corrected chi connectivity index (χ4v) is 4.89. The molecule has 43 heavy (non-hydrogen) atoms. The lowest BCUT2D eigenvalue weighted by Gasteiger charge is -2.30. The maximum atomic E-state index is 13.3. The van der Waals surface area contributed by atoms with Crippen molar-refractivity contribution in [2.24, 2.45) is 0 Å². The van der Waals surface area contributed by atoms with Gasteiger partial charge < -0.3 is 19.5 Å². The zero-order chi connectivity index (χ0) is 30.8. The molecule has 1 aliphatic rings. The number of carbonyl (C=O) groups excluding carboxylic acids is 2. The summed E-state index contributed by atoms with van der Waals surface area (Å²) in [6.07, 6.45) is 8.27. The molecule has 0 radical (unpaired) electrons. The van der Waals surface area contributed by atoms with Crippen molar-refractivity contribution in [1.29, 1.82) is 0 Å². The van der Waals surface area contributed by atoms with E-state index in [-0.39, 0.29) is 30.0 Å². The van der Waals surface area contributed by atoms with Gasteiger partial charge in [0.05, 0.1) is 42.3 Å². The number of hydrogen-bond donors (Lipinski definition) is 1. The molecule has 2 heterocycles. The van der Waals surface area contributed by atoms with Gasteiger partial charge in [-0.3, -0.25) is 15.1 Å². The number of dihydropyridines is 1. The molecule has 0 spiro atoms. The minimum Gasteiger partial charge on any atom is -0.466 e. The van der Waals surface area contributed by atoms with Crippen molar-refractivity contribution in [3.05, 3.63) is 134 Å². The maximum Gasteiger partial charge on any atom is 0.336 e. The Hall–Kier alpha value is -5.09. The monoisotopic (exact) mass is 583 g/mol. The summed E-state index contributed by atoms with van der Waals surface area (Å²) >= 11 is 0. The first-order chi connectivity index (χ1) is 20.8. The van der Waals surface area contributed by atoms with Crippen LogP contribution in [0, 0.1) is 10.1 Å². The molecule has 0 saturated carbocycles. The van der Waals surface area contributed by atoms with Crippen molar-refractivity contribution in [2.45, 2.75) is 26.2 Å². The van der Waals surface area contributed by atoms with Crippen LogP contribution in [-0.2, 0) is 30.2 Å². The van der Waals surface area contributed by atoms with E-state index in [9.17, 15) is 19.7 Å². The normalized spacial score (nSPS) is 14.9. The number of ether oxygens (including phenoxy) is 3. The highest BCUT2D eigenvalue weighted by Crippen LogP contribution is 2.40. The zero-order valence-electron chi connectivity index (χ0n) is 24.2. The van der Waals surface area contributed by atoms with E-state index in [1.807, 2.05) is 42.6 Å². The van der Waals surface area contributed by atoms with E-state index in [1.165, 1.54) is 30.9 Å². The molecule has 1 aromatic heterocycles. The van der Waals surface area contributed by atoms with Crippen LogP contribution >= 0.6 is 0 Å². The summed E-state index contributed by atoms with van der Waals surface area (Å²) in [6.45, 7) is 3.82. The Morgan fingerprint density at radius 2 is 1.72 bits per heavy atom. The zero-order valence-corrected chi connectivity index (χ0v) is 24.2. The van der Waals surface area contributed by atoms with E-state index in [0.717, 1.165) is 17.5 Å². The third-order valence-corrected chi connectivity index (χ3v) is 6.90. The van der Waals surface area contributed by atoms with Crippen molar-refractivity contribution in [2.75, 3.05) is 26.9 Å². The molecule has 222 valence electrons. The van der Waals surface area contributed by atoms with Crippen LogP contribution in [0.4, 0.5) is 5.69 Å². The van der Waals surface area contributed by atoms with Gasteiger partial charge in [0.2, 0.25) is 0 Å². The van der Waals surface area contributed by atoms with E-state index < -0.39 is 22.8 Å². The topological polar surface area (TPSA) is 130 Å². The molecule has 1 atom stereocenters. The second-order valence-electron chi connectivity index (χ2n) is 9.87. The number of hydrogen-bond acceptors (Lipinski definition) is 9. The van der Waals surface area contributed by atoms with E-state index >= 15 is 0 Å². The van der Waals surface area contributed by atoms with Gasteiger partial charge in [-0.1, -0.05) is 54.6 Å². The number of allylic oxidation sites excluding steroid dienone is 2. The molecular weight excluding hydrogens is 550 g/mol. The van der Waals surface area contributed by atoms with Gasteiger partial charge in [-0.25, -0.2) is 9.59 Å². The third kappa shape index (κ3) is 8.02. The molecule has 1 aliphatic heterocycles. The minimum atomic E-state index is -0.916. The van der Waals surface area contributed by atoms with Gasteiger partial charge in [0.1, 0.15) is 6.61 Å². The first-order valence-corrected chi connectivity index (χ1v) is 13.7. The number of aromatic nitrogens is 1. The van der Waals surface area contributed by atoms with Crippen LogP contribution in [-0.4, -0.2) is 48.8 Å². The number of pyridine rings is 1. The highest BCUT2D eigenvalue weighted by molar-refractivity contribution is 5.99. The molecule has 0 aliphatic carbocycles. The number of non-ortho nitro benzene ring substituents is 1. The summed E-state index contributed by atoms with van der Waals surface area (Å²) in [5.74, 6) is -2.24. The SMILES string of the molecule is COC(=O)C1=C(C)NC(C)=C(C(=O)OCCOCC=Cc2ccc(Cc3cccnc3)cc2)C1c1cccc([N+](=O)[O-])c1. The van der Waals surface area contributed by atoms with Gasteiger partial charge in [-0.05, 0) is 48.6 Å². The molecule has 4 rings (SSSR count). The number of esters is 2. The predicted molar refractivity (Wildman–Crippen MR) is 161 cm³/mol. The molecule has 1 N–H and O–H groups in total. The molecule has 10 nitrogen and oxygen atoms in total. The van der Waals surface area contributed by atoms with Crippen LogP contribution in [0.3, 0.4) is 0 Å². The molecule has 0 saturated heterocycles. The third-order valence-electron chi connectivity index (χ3n) is 6.90. The molecular formula is C33H33N3O7. The van der Waals surface area contributed by atoms with Gasteiger partial charge in [0, 0.05) is 35.9 Å². The summed E-state index contributed by atoms with van der Waals surface area (Å²) in [7, 11) is 1.24. The lowest BCUT2D eigenvalue weighted by Crippen LogP contribution is -2.32. The minimum absolute atomic E-state index is 0.0234. The van der Waals surface area contributed by atoms with Crippen LogP contribution in [0.25, 0.3) is 6.08 Å². The largest absolute Gasteiger partial charge is 0.466 e. The number of nitro benzene ring substituents is 1. The number of nitrogens with zero attached hydrogens (tertiary/aromatic N) is 2. The average Bonchev–Trinajstić information content (AvgIpc) is 3.01. The first-order valence-electron chi connectivity index (χ1n) is 13.7. The smallest absolute Gasteiger partial charge is 0.336 e. The van der Waals surface area contributed by atoms with E-state index in [1.54, 1.807) is 26.1 Å². The van der Waals surface area contributed by atoms with Crippen molar-refractivity contribution < 1.29 is 28.7 Å². The molecule has 3 aromatic rings. The number of carbonyl (C=O) groups is 2. The highest BCUT2D eigenvalue weighted by Gasteiger charge is 2.38. The Kier molecular flexibility index (Phi) is 10.5. The van der Waals surface area contributed by atoms with E-state index in [4.69, 9.17) is 14.2 Å². The molecule has 10 heteroatoms. The Morgan fingerprint density at radius 1 is 0.977 bits per heavy atom. The quantitative estimate of drug-likeness (QED) is 0.131. The summed E-state index contributed by atoms with van der Waals surface area (Å²) in [6, 6.07) is 18.0. The van der Waals surface area contributed by atoms with Crippen molar-refractivity contribution >= 4 is 23.7 Å². The van der Waals surface area contributed by atoms with Crippen LogP contribution in [0.5, 0.6) is 0 Å². The molecule has 0 bridgehead atoms. The van der Waals surface area contributed by atoms with Crippen molar-refractivity contribution in [1.82, 2.24) is 10.3 Å². The molecule has 1 unspecified atom stereocenters.